The van der Waals surface area contributed by atoms with Crippen molar-refractivity contribution in [2.45, 2.75) is 18.9 Å². The molecule has 0 saturated carbocycles. The molecule has 1 atom stereocenters. The summed E-state index contributed by atoms with van der Waals surface area (Å²) in [4.78, 5) is 11.9. The maximum atomic E-state index is 11.9. The van der Waals surface area contributed by atoms with Crippen molar-refractivity contribution in [1.29, 1.82) is 0 Å². The Kier molecular flexibility index (Phi) is 4.17. The summed E-state index contributed by atoms with van der Waals surface area (Å²) < 4.78 is 11.1. The number of anilines is 1. The predicted molar refractivity (Wildman–Crippen MR) is 80.6 cm³/mol. The summed E-state index contributed by atoms with van der Waals surface area (Å²) in [6.07, 6.45) is 1.42. The highest BCUT2D eigenvalue weighted by Crippen LogP contribution is 2.23. The van der Waals surface area contributed by atoms with E-state index in [9.17, 15) is 4.79 Å². The van der Waals surface area contributed by atoms with Gasteiger partial charge in [-0.3, -0.25) is 4.79 Å². The van der Waals surface area contributed by atoms with Gasteiger partial charge in [-0.25, -0.2) is 0 Å². The molecular formula is C17H17NO3. The predicted octanol–water partition coefficient (Wildman–Crippen LogP) is 3.60. The number of carbonyl (C=O) groups is 1. The molecule has 1 heterocycles. The molecule has 4 nitrogen and oxygen atoms in total. The van der Waals surface area contributed by atoms with E-state index in [1.54, 1.807) is 0 Å². The van der Waals surface area contributed by atoms with Crippen LogP contribution in [0.4, 0.5) is 5.69 Å². The molecule has 1 aliphatic heterocycles. The van der Waals surface area contributed by atoms with Gasteiger partial charge >= 0.3 is 0 Å². The summed E-state index contributed by atoms with van der Waals surface area (Å²) >= 11 is 0. The number of para-hydroxylation sites is 1. The molecule has 0 spiro atoms. The Balaban J connectivity index is 1.60. The SMILES string of the molecule is O=C(Nc1ccc(Oc2ccccc2)cc1)[C@H]1CCCO1. The highest BCUT2D eigenvalue weighted by molar-refractivity contribution is 5.94. The molecule has 3 rings (SSSR count). The van der Waals surface area contributed by atoms with Crippen molar-refractivity contribution in [2.75, 3.05) is 11.9 Å². The van der Waals surface area contributed by atoms with Crippen LogP contribution in [0.3, 0.4) is 0 Å². The lowest BCUT2D eigenvalue weighted by Gasteiger charge is -2.11. The molecule has 21 heavy (non-hydrogen) atoms. The minimum Gasteiger partial charge on any atom is -0.457 e. The quantitative estimate of drug-likeness (QED) is 0.932. The summed E-state index contributed by atoms with van der Waals surface area (Å²) in [6.45, 7) is 0.669. The first-order valence-electron chi connectivity index (χ1n) is 7.07. The number of benzene rings is 2. The van der Waals surface area contributed by atoms with Crippen LogP contribution >= 0.6 is 0 Å². The van der Waals surface area contributed by atoms with Gasteiger partial charge in [0.25, 0.3) is 5.91 Å². The van der Waals surface area contributed by atoms with E-state index in [0.29, 0.717) is 6.61 Å². The molecule has 0 bridgehead atoms. The number of rotatable bonds is 4. The molecule has 0 aromatic heterocycles. The lowest BCUT2D eigenvalue weighted by Crippen LogP contribution is -2.26. The van der Waals surface area contributed by atoms with E-state index < -0.39 is 0 Å². The first kappa shape index (κ1) is 13.6. The Morgan fingerprint density at radius 1 is 1.05 bits per heavy atom. The first-order chi connectivity index (χ1) is 10.3. The van der Waals surface area contributed by atoms with E-state index in [0.717, 1.165) is 30.0 Å². The van der Waals surface area contributed by atoms with Crippen LogP contribution in [0.2, 0.25) is 0 Å². The Morgan fingerprint density at radius 3 is 2.43 bits per heavy atom. The van der Waals surface area contributed by atoms with Crippen LogP contribution in [0.25, 0.3) is 0 Å². The smallest absolute Gasteiger partial charge is 0.253 e. The van der Waals surface area contributed by atoms with Crippen molar-refractivity contribution in [3.05, 3.63) is 54.6 Å². The molecule has 2 aromatic rings. The van der Waals surface area contributed by atoms with E-state index in [-0.39, 0.29) is 12.0 Å². The van der Waals surface area contributed by atoms with Crippen molar-refractivity contribution in [1.82, 2.24) is 0 Å². The fourth-order valence-corrected chi connectivity index (χ4v) is 2.24. The van der Waals surface area contributed by atoms with Crippen LogP contribution in [-0.2, 0) is 9.53 Å². The van der Waals surface area contributed by atoms with Gasteiger partial charge in [-0.1, -0.05) is 18.2 Å². The van der Waals surface area contributed by atoms with Gasteiger partial charge in [0.2, 0.25) is 0 Å². The molecule has 1 aliphatic rings. The zero-order valence-corrected chi connectivity index (χ0v) is 11.6. The van der Waals surface area contributed by atoms with Crippen LogP contribution < -0.4 is 10.1 Å². The molecule has 108 valence electrons. The second-order valence-corrected chi connectivity index (χ2v) is 4.93. The summed E-state index contributed by atoms with van der Waals surface area (Å²) in [5.74, 6) is 1.44. The van der Waals surface area contributed by atoms with Crippen LogP contribution in [0.1, 0.15) is 12.8 Å². The molecule has 0 aliphatic carbocycles. The van der Waals surface area contributed by atoms with Gasteiger partial charge in [0.05, 0.1) is 0 Å². The average molecular weight is 283 g/mol. The van der Waals surface area contributed by atoms with Gasteiger partial charge in [-0.05, 0) is 49.2 Å². The minimum absolute atomic E-state index is 0.0794. The topological polar surface area (TPSA) is 47.6 Å². The van der Waals surface area contributed by atoms with Gasteiger partial charge in [0.1, 0.15) is 17.6 Å². The third-order valence-corrected chi connectivity index (χ3v) is 3.32. The molecule has 0 radical (unpaired) electrons. The van der Waals surface area contributed by atoms with Gasteiger partial charge in [-0.2, -0.15) is 0 Å². The fraction of sp³-hybridized carbons (Fsp3) is 0.235. The van der Waals surface area contributed by atoms with Crippen molar-refractivity contribution in [2.24, 2.45) is 0 Å². The second kappa shape index (κ2) is 6.41. The fourth-order valence-electron chi connectivity index (χ4n) is 2.24. The van der Waals surface area contributed by atoms with E-state index in [2.05, 4.69) is 5.32 Å². The van der Waals surface area contributed by atoms with Gasteiger partial charge in [0.15, 0.2) is 0 Å². The first-order valence-corrected chi connectivity index (χ1v) is 7.07. The molecule has 4 heteroatoms. The highest BCUT2D eigenvalue weighted by Gasteiger charge is 2.23. The minimum atomic E-state index is -0.315. The Hall–Kier alpha value is -2.33. The Bertz CT molecular complexity index is 589. The van der Waals surface area contributed by atoms with Crippen LogP contribution in [0.5, 0.6) is 11.5 Å². The van der Waals surface area contributed by atoms with E-state index in [1.165, 1.54) is 0 Å². The zero-order chi connectivity index (χ0) is 14.5. The van der Waals surface area contributed by atoms with Crippen molar-refractivity contribution >= 4 is 11.6 Å². The van der Waals surface area contributed by atoms with E-state index in [1.807, 2.05) is 54.6 Å². The summed E-state index contributed by atoms with van der Waals surface area (Å²) in [5.41, 5.74) is 0.746. The second-order valence-electron chi connectivity index (χ2n) is 4.93. The molecular weight excluding hydrogens is 266 g/mol. The average Bonchev–Trinajstić information content (AvgIpc) is 3.05. The van der Waals surface area contributed by atoms with Crippen LogP contribution in [0, 0.1) is 0 Å². The maximum absolute atomic E-state index is 11.9. The summed E-state index contributed by atoms with van der Waals surface area (Å²) in [7, 11) is 0. The lowest BCUT2D eigenvalue weighted by atomic mass is 10.2. The molecule has 2 aromatic carbocycles. The molecule has 1 N–H and O–H groups in total. The summed E-state index contributed by atoms with van der Waals surface area (Å²) in [5, 5.41) is 2.86. The monoisotopic (exact) mass is 283 g/mol. The Labute approximate surface area is 123 Å². The number of hydrogen-bond donors (Lipinski definition) is 1. The maximum Gasteiger partial charge on any atom is 0.253 e. The highest BCUT2D eigenvalue weighted by atomic mass is 16.5. The van der Waals surface area contributed by atoms with Gasteiger partial charge in [-0.15, -0.1) is 0 Å². The van der Waals surface area contributed by atoms with Gasteiger partial charge < -0.3 is 14.8 Å². The molecule has 0 unspecified atom stereocenters. The number of nitrogens with one attached hydrogen (secondary N) is 1. The van der Waals surface area contributed by atoms with Crippen LogP contribution in [-0.4, -0.2) is 18.6 Å². The molecule has 1 fully saturated rings. The van der Waals surface area contributed by atoms with Crippen molar-refractivity contribution in [3.63, 3.8) is 0 Å². The van der Waals surface area contributed by atoms with E-state index in [4.69, 9.17) is 9.47 Å². The molecule has 1 amide bonds. The third-order valence-electron chi connectivity index (χ3n) is 3.32. The summed E-state index contributed by atoms with van der Waals surface area (Å²) in [6, 6.07) is 16.9. The third kappa shape index (κ3) is 3.61. The number of hydrogen-bond acceptors (Lipinski definition) is 3. The number of carbonyl (C=O) groups excluding carboxylic acids is 1. The van der Waals surface area contributed by atoms with Gasteiger partial charge in [0, 0.05) is 12.3 Å². The normalized spacial score (nSPS) is 17.4. The number of ether oxygens (including phenoxy) is 2. The lowest BCUT2D eigenvalue weighted by molar-refractivity contribution is -0.124. The Morgan fingerprint density at radius 2 is 1.76 bits per heavy atom. The van der Waals surface area contributed by atoms with E-state index >= 15 is 0 Å². The molecule has 1 saturated heterocycles. The zero-order valence-electron chi connectivity index (χ0n) is 11.6. The largest absolute Gasteiger partial charge is 0.457 e. The number of amides is 1. The standard InChI is InChI=1S/C17H17NO3/c19-17(16-7-4-12-20-16)18-13-8-10-15(11-9-13)21-14-5-2-1-3-6-14/h1-3,5-6,8-11,16H,4,7,12H2,(H,18,19)/t16-/m1/s1. The van der Waals surface area contributed by atoms with Crippen molar-refractivity contribution in [3.8, 4) is 11.5 Å². The van der Waals surface area contributed by atoms with Crippen molar-refractivity contribution < 1.29 is 14.3 Å². The van der Waals surface area contributed by atoms with Crippen LogP contribution in [0.15, 0.2) is 54.6 Å².